The third kappa shape index (κ3) is 3.99. The fourth-order valence-corrected chi connectivity index (χ4v) is 3.21. The molecule has 2 N–H and O–H groups in total. The summed E-state index contributed by atoms with van der Waals surface area (Å²) in [6.45, 7) is 5.90. The third-order valence-electron chi connectivity index (χ3n) is 4.44. The van der Waals surface area contributed by atoms with E-state index in [4.69, 9.17) is 0 Å². The predicted octanol–water partition coefficient (Wildman–Crippen LogP) is 5.22. The summed E-state index contributed by atoms with van der Waals surface area (Å²) in [5.41, 5.74) is 4.69. The van der Waals surface area contributed by atoms with Crippen LogP contribution < -0.4 is 10.6 Å². The molecule has 0 saturated heterocycles. The number of fused-ring (bicyclic) bond motifs is 1. The van der Waals surface area contributed by atoms with E-state index >= 15 is 0 Å². The molecule has 1 amide bonds. The molecular formula is C23H21N3O. The van der Waals surface area contributed by atoms with Crippen molar-refractivity contribution in [2.45, 2.75) is 20.8 Å². The number of nitriles is 1. The van der Waals surface area contributed by atoms with Crippen LogP contribution in [0.5, 0.6) is 0 Å². The lowest BCUT2D eigenvalue weighted by atomic mass is 10.0. The molecule has 0 unspecified atom stereocenters. The van der Waals surface area contributed by atoms with Gasteiger partial charge in [0.1, 0.15) is 11.6 Å². The van der Waals surface area contributed by atoms with Crippen LogP contribution in [0, 0.1) is 32.1 Å². The molecule has 3 rings (SSSR count). The Hall–Kier alpha value is -3.58. The van der Waals surface area contributed by atoms with Gasteiger partial charge in [-0.15, -0.1) is 0 Å². The van der Waals surface area contributed by atoms with Gasteiger partial charge in [-0.3, -0.25) is 4.79 Å². The topological polar surface area (TPSA) is 64.9 Å². The van der Waals surface area contributed by atoms with Crippen molar-refractivity contribution in [3.8, 4) is 6.07 Å². The monoisotopic (exact) mass is 355 g/mol. The highest BCUT2D eigenvalue weighted by Crippen LogP contribution is 2.24. The Kier molecular flexibility index (Phi) is 5.23. The summed E-state index contributed by atoms with van der Waals surface area (Å²) in [6.07, 6.45) is 1.45. The highest BCUT2D eigenvalue weighted by atomic mass is 16.1. The van der Waals surface area contributed by atoms with Gasteiger partial charge in [0.05, 0.1) is 0 Å². The van der Waals surface area contributed by atoms with E-state index < -0.39 is 5.91 Å². The van der Waals surface area contributed by atoms with E-state index in [-0.39, 0.29) is 5.57 Å². The number of rotatable bonds is 4. The lowest BCUT2D eigenvalue weighted by molar-refractivity contribution is -0.112. The van der Waals surface area contributed by atoms with E-state index in [2.05, 4.69) is 10.6 Å². The normalized spacial score (nSPS) is 11.1. The third-order valence-corrected chi connectivity index (χ3v) is 4.44. The average molecular weight is 355 g/mol. The molecule has 4 nitrogen and oxygen atoms in total. The minimum Gasteiger partial charge on any atom is -0.360 e. The van der Waals surface area contributed by atoms with Crippen molar-refractivity contribution in [1.82, 2.24) is 0 Å². The molecule has 0 spiro atoms. The highest BCUT2D eigenvalue weighted by Gasteiger charge is 2.13. The summed E-state index contributed by atoms with van der Waals surface area (Å²) >= 11 is 0. The van der Waals surface area contributed by atoms with Crippen molar-refractivity contribution in [1.29, 1.82) is 5.26 Å². The molecule has 134 valence electrons. The number of aryl methyl sites for hydroxylation is 3. The molecule has 0 aliphatic carbocycles. The maximum absolute atomic E-state index is 12.6. The fourth-order valence-electron chi connectivity index (χ4n) is 3.21. The van der Waals surface area contributed by atoms with E-state index in [0.29, 0.717) is 0 Å². The number of carbonyl (C=O) groups excluding carboxylic acids is 1. The molecule has 0 saturated carbocycles. The van der Waals surface area contributed by atoms with E-state index in [9.17, 15) is 10.1 Å². The van der Waals surface area contributed by atoms with Gasteiger partial charge in [0, 0.05) is 23.0 Å². The zero-order valence-corrected chi connectivity index (χ0v) is 15.6. The quantitative estimate of drug-likeness (QED) is 0.498. The Morgan fingerprint density at radius 3 is 2.37 bits per heavy atom. The second kappa shape index (κ2) is 7.76. The number of anilines is 2. The molecule has 0 aliphatic heterocycles. The molecule has 27 heavy (non-hydrogen) atoms. The van der Waals surface area contributed by atoms with Gasteiger partial charge in [0.15, 0.2) is 0 Å². The molecule has 0 radical (unpaired) electrons. The van der Waals surface area contributed by atoms with Crippen LogP contribution in [0.1, 0.15) is 16.7 Å². The Labute approximate surface area is 159 Å². The molecule has 4 heteroatoms. The molecule has 0 aliphatic rings. The predicted molar refractivity (Wildman–Crippen MR) is 111 cm³/mol. The average Bonchev–Trinajstić information content (AvgIpc) is 2.65. The molecule has 0 aromatic heterocycles. The lowest BCUT2D eigenvalue weighted by Gasteiger charge is -2.12. The van der Waals surface area contributed by atoms with Crippen molar-refractivity contribution < 1.29 is 4.79 Å². The molecule has 0 bridgehead atoms. The summed E-state index contributed by atoms with van der Waals surface area (Å²) in [7, 11) is 0. The molecule has 0 heterocycles. The number of hydrogen-bond acceptors (Lipinski definition) is 3. The number of benzene rings is 3. The first-order valence-corrected chi connectivity index (χ1v) is 8.73. The first kappa shape index (κ1) is 18.2. The van der Waals surface area contributed by atoms with Gasteiger partial charge in [0.2, 0.25) is 0 Å². The summed E-state index contributed by atoms with van der Waals surface area (Å²) in [5, 5.41) is 17.5. The van der Waals surface area contributed by atoms with Gasteiger partial charge < -0.3 is 10.6 Å². The Morgan fingerprint density at radius 2 is 1.67 bits per heavy atom. The van der Waals surface area contributed by atoms with Crippen molar-refractivity contribution >= 4 is 28.1 Å². The van der Waals surface area contributed by atoms with Gasteiger partial charge >= 0.3 is 0 Å². The summed E-state index contributed by atoms with van der Waals surface area (Å²) in [6, 6.07) is 19.8. The Morgan fingerprint density at radius 1 is 1.00 bits per heavy atom. The van der Waals surface area contributed by atoms with Crippen LogP contribution in [0.4, 0.5) is 11.4 Å². The Bertz CT molecular complexity index is 1060. The Balaban J connectivity index is 1.84. The second-order valence-corrected chi connectivity index (χ2v) is 6.57. The van der Waals surface area contributed by atoms with Crippen LogP contribution in [-0.2, 0) is 4.79 Å². The van der Waals surface area contributed by atoms with Gasteiger partial charge in [0.25, 0.3) is 5.91 Å². The minimum atomic E-state index is -0.430. The second-order valence-electron chi connectivity index (χ2n) is 6.57. The molecule has 0 atom stereocenters. The largest absolute Gasteiger partial charge is 0.360 e. The summed E-state index contributed by atoms with van der Waals surface area (Å²) in [4.78, 5) is 12.6. The number of nitrogens with zero attached hydrogens (tertiary/aromatic N) is 1. The van der Waals surface area contributed by atoms with Crippen LogP contribution in [0.15, 0.2) is 66.4 Å². The molecular weight excluding hydrogens is 334 g/mol. The first-order chi connectivity index (χ1) is 13.0. The summed E-state index contributed by atoms with van der Waals surface area (Å²) in [5.74, 6) is -0.430. The standard InChI is InChI=1S/C23H21N3O/c1-15-11-16(2)22(17(3)12-15)26-23(27)19(13-24)14-25-21-10-6-8-18-7-4-5-9-20(18)21/h4-12,14,25H,1-3H3,(H,26,27)/b19-14-. The van der Waals surface area contributed by atoms with Crippen LogP contribution >= 0.6 is 0 Å². The SMILES string of the molecule is Cc1cc(C)c(NC(=O)/C(C#N)=C\Nc2cccc3ccccc23)c(C)c1. The highest BCUT2D eigenvalue weighted by molar-refractivity contribution is 6.07. The number of nitrogens with one attached hydrogen (secondary N) is 2. The zero-order valence-electron chi connectivity index (χ0n) is 15.6. The number of carbonyl (C=O) groups is 1. The number of amides is 1. The lowest BCUT2D eigenvalue weighted by Crippen LogP contribution is -2.16. The van der Waals surface area contributed by atoms with Gasteiger partial charge in [-0.2, -0.15) is 5.26 Å². The molecule has 0 fully saturated rings. The van der Waals surface area contributed by atoms with E-state index in [1.165, 1.54) is 6.20 Å². The smallest absolute Gasteiger partial charge is 0.267 e. The van der Waals surface area contributed by atoms with Crippen LogP contribution in [0.25, 0.3) is 10.8 Å². The maximum Gasteiger partial charge on any atom is 0.267 e. The maximum atomic E-state index is 12.6. The van der Waals surface area contributed by atoms with Gasteiger partial charge in [-0.25, -0.2) is 0 Å². The van der Waals surface area contributed by atoms with Crippen molar-refractivity contribution in [2.75, 3.05) is 10.6 Å². The van der Waals surface area contributed by atoms with Gasteiger partial charge in [-0.05, 0) is 43.4 Å². The summed E-state index contributed by atoms with van der Waals surface area (Å²) < 4.78 is 0. The minimum absolute atomic E-state index is 0.0160. The molecule has 3 aromatic rings. The van der Waals surface area contributed by atoms with Crippen molar-refractivity contribution in [3.05, 3.63) is 83.1 Å². The molecule has 3 aromatic carbocycles. The van der Waals surface area contributed by atoms with Crippen molar-refractivity contribution in [2.24, 2.45) is 0 Å². The van der Waals surface area contributed by atoms with E-state index in [0.717, 1.165) is 38.8 Å². The van der Waals surface area contributed by atoms with Crippen LogP contribution in [-0.4, -0.2) is 5.91 Å². The number of hydrogen-bond donors (Lipinski definition) is 2. The van der Waals surface area contributed by atoms with E-state index in [1.807, 2.05) is 81.4 Å². The fraction of sp³-hybridized carbons (Fsp3) is 0.130. The van der Waals surface area contributed by atoms with Crippen LogP contribution in [0.3, 0.4) is 0 Å². The zero-order chi connectivity index (χ0) is 19.4. The van der Waals surface area contributed by atoms with Crippen molar-refractivity contribution in [3.63, 3.8) is 0 Å². The van der Waals surface area contributed by atoms with Crippen LogP contribution in [0.2, 0.25) is 0 Å². The van der Waals surface area contributed by atoms with Gasteiger partial charge in [-0.1, -0.05) is 54.1 Å². The van der Waals surface area contributed by atoms with E-state index in [1.54, 1.807) is 0 Å². The first-order valence-electron chi connectivity index (χ1n) is 8.73.